The number of carbonyl (C=O) groups excluding carboxylic acids is 3. The molecule has 1 N–H and O–H groups in total. The van der Waals surface area contributed by atoms with E-state index in [1.165, 1.54) is 22.8 Å². The first-order chi connectivity index (χ1) is 12.9. The molecule has 0 saturated heterocycles. The average molecular weight is 372 g/mol. The van der Waals surface area contributed by atoms with Gasteiger partial charge < -0.3 is 19.4 Å². The Morgan fingerprint density at radius 2 is 1.96 bits per heavy atom. The summed E-state index contributed by atoms with van der Waals surface area (Å²) in [5.41, 5.74) is 3.32. The molecule has 0 saturated carbocycles. The lowest BCUT2D eigenvalue weighted by Crippen LogP contribution is -2.32. The molecule has 0 aliphatic carbocycles. The molecule has 1 aromatic carbocycles. The van der Waals surface area contributed by atoms with E-state index in [1.807, 2.05) is 26.0 Å². The highest BCUT2D eigenvalue weighted by atomic mass is 16.5. The van der Waals surface area contributed by atoms with Crippen LogP contribution in [-0.2, 0) is 20.9 Å². The maximum atomic E-state index is 12.1. The average Bonchev–Trinajstić information content (AvgIpc) is 3.16. The lowest BCUT2D eigenvalue weighted by atomic mass is 10.1. The van der Waals surface area contributed by atoms with Crippen molar-refractivity contribution in [3.8, 4) is 0 Å². The summed E-state index contributed by atoms with van der Waals surface area (Å²) < 4.78 is 9.92. The number of amides is 2. The largest absolute Gasteiger partial charge is 0.459 e. The standard InChI is InChI=1S/C20H24N2O5/c1-14-6-7-16(15(2)11-14)12-22(3)18(23)13-27-19(24)8-9-21-20(25)17-5-4-10-26-17/h4-7,10-11H,8-9,12-13H2,1-3H3,(H,21,25). The van der Waals surface area contributed by atoms with Crippen molar-refractivity contribution in [3.05, 3.63) is 59.0 Å². The Labute approximate surface area is 158 Å². The molecule has 0 fully saturated rings. The summed E-state index contributed by atoms with van der Waals surface area (Å²) in [5.74, 6) is -1.07. The first kappa shape index (κ1) is 20.2. The maximum Gasteiger partial charge on any atom is 0.308 e. The van der Waals surface area contributed by atoms with Crippen LogP contribution in [0.3, 0.4) is 0 Å². The van der Waals surface area contributed by atoms with Gasteiger partial charge in [-0.1, -0.05) is 23.8 Å². The maximum absolute atomic E-state index is 12.1. The van der Waals surface area contributed by atoms with E-state index < -0.39 is 11.9 Å². The lowest BCUT2D eigenvalue weighted by molar-refractivity contribution is -0.151. The van der Waals surface area contributed by atoms with Crippen molar-refractivity contribution in [2.75, 3.05) is 20.2 Å². The predicted octanol–water partition coefficient (Wildman–Crippen LogP) is 2.22. The summed E-state index contributed by atoms with van der Waals surface area (Å²) in [6.45, 7) is 4.23. The molecule has 27 heavy (non-hydrogen) atoms. The lowest BCUT2D eigenvalue weighted by Gasteiger charge is -2.18. The van der Waals surface area contributed by atoms with E-state index in [2.05, 4.69) is 11.4 Å². The van der Waals surface area contributed by atoms with Gasteiger partial charge in [0.05, 0.1) is 12.7 Å². The first-order valence-electron chi connectivity index (χ1n) is 8.64. The number of furan rings is 1. The molecule has 7 heteroatoms. The third-order valence-electron chi connectivity index (χ3n) is 4.05. The number of hydrogen-bond acceptors (Lipinski definition) is 5. The van der Waals surface area contributed by atoms with Crippen molar-refractivity contribution in [1.29, 1.82) is 0 Å². The minimum atomic E-state index is -0.553. The van der Waals surface area contributed by atoms with Crippen LogP contribution in [0.15, 0.2) is 41.0 Å². The molecule has 1 aromatic heterocycles. The first-order valence-corrected chi connectivity index (χ1v) is 8.64. The zero-order valence-electron chi connectivity index (χ0n) is 15.8. The van der Waals surface area contributed by atoms with E-state index in [9.17, 15) is 14.4 Å². The Morgan fingerprint density at radius 3 is 2.63 bits per heavy atom. The Hall–Kier alpha value is -3.09. The Morgan fingerprint density at radius 1 is 1.19 bits per heavy atom. The van der Waals surface area contributed by atoms with Gasteiger partial charge >= 0.3 is 5.97 Å². The molecule has 0 aliphatic rings. The zero-order chi connectivity index (χ0) is 19.8. The van der Waals surface area contributed by atoms with E-state index >= 15 is 0 Å². The number of aryl methyl sites for hydroxylation is 2. The van der Waals surface area contributed by atoms with Gasteiger partial charge in [0.15, 0.2) is 12.4 Å². The number of carbonyl (C=O) groups is 3. The molecule has 0 radical (unpaired) electrons. The van der Waals surface area contributed by atoms with Crippen molar-refractivity contribution in [2.45, 2.75) is 26.8 Å². The van der Waals surface area contributed by atoms with Crippen molar-refractivity contribution in [3.63, 3.8) is 0 Å². The summed E-state index contributed by atoms with van der Waals surface area (Å²) in [7, 11) is 1.67. The van der Waals surface area contributed by atoms with Gasteiger partial charge in [-0.3, -0.25) is 14.4 Å². The van der Waals surface area contributed by atoms with E-state index in [-0.39, 0.29) is 31.2 Å². The normalized spacial score (nSPS) is 10.3. The highest BCUT2D eigenvalue weighted by Gasteiger charge is 2.14. The quantitative estimate of drug-likeness (QED) is 0.718. The van der Waals surface area contributed by atoms with Crippen LogP contribution in [0, 0.1) is 13.8 Å². The van der Waals surface area contributed by atoms with Gasteiger partial charge in [-0.2, -0.15) is 0 Å². The van der Waals surface area contributed by atoms with Crippen LogP contribution in [0.2, 0.25) is 0 Å². The Bertz CT molecular complexity index is 799. The molecule has 0 atom stereocenters. The number of hydrogen-bond donors (Lipinski definition) is 1. The SMILES string of the molecule is Cc1ccc(CN(C)C(=O)COC(=O)CCNC(=O)c2ccco2)c(C)c1. The van der Waals surface area contributed by atoms with Crippen LogP contribution in [0.5, 0.6) is 0 Å². The molecule has 2 aromatic rings. The molecule has 0 unspecified atom stereocenters. The van der Waals surface area contributed by atoms with Crippen molar-refractivity contribution in [2.24, 2.45) is 0 Å². The summed E-state index contributed by atoms with van der Waals surface area (Å²) in [6, 6.07) is 9.17. The second-order valence-corrected chi connectivity index (χ2v) is 6.32. The Balaban J connectivity index is 1.69. The highest BCUT2D eigenvalue weighted by Crippen LogP contribution is 2.12. The van der Waals surface area contributed by atoms with E-state index in [0.29, 0.717) is 6.54 Å². The van der Waals surface area contributed by atoms with Crippen molar-refractivity contribution in [1.82, 2.24) is 10.2 Å². The molecular weight excluding hydrogens is 348 g/mol. The number of nitrogens with zero attached hydrogens (tertiary/aromatic N) is 1. The van der Waals surface area contributed by atoms with Gasteiger partial charge in [-0.05, 0) is 37.1 Å². The molecule has 0 spiro atoms. The van der Waals surface area contributed by atoms with E-state index in [0.717, 1.165) is 11.1 Å². The topological polar surface area (TPSA) is 88.9 Å². The van der Waals surface area contributed by atoms with Crippen molar-refractivity contribution < 1.29 is 23.5 Å². The summed E-state index contributed by atoms with van der Waals surface area (Å²) in [4.78, 5) is 37.0. The van der Waals surface area contributed by atoms with Gasteiger partial charge in [-0.15, -0.1) is 0 Å². The van der Waals surface area contributed by atoms with E-state index in [1.54, 1.807) is 13.1 Å². The summed E-state index contributed by atoms with van der Waals surface area (Å²) in [6.07, 6.45) is 1.36. The minimum absolute atomic E-state index is 0.0273. The molecular formula is C20H24N2O5. The number of rotatable bonds is 8. The number of nitrogens with one attached hydrogen (secondary N) is 1. The molecule has 0 aliphatic heterocycles. The second kappa shape index (κ2) is 9.56. The molecule has 144 valence electrons. The fraction of sp³-hybridized carbons (Fsp3) is 0.350. The highest BCUT2D eigenvalue weighted by molar-refractivity contribution is 5.91. The monoisotopic (exact) mass is 372 g/mol. The number of likely N-dealkylation sites (N-methyl/N-ethyl adjacent to an activating group) is 1. The number of benzene rings is 1. The fourth-order valence-corrected chi connectivity index (χ4v) is 2.46. The van der Waals surface area contributed by atoms with Crippen molar-refractivity contribution >= 4 is 17.8 Å². The van der Waals surface area contributed by atoms with Crippen LogP contribution in [0.1, 0.15) is 33.7 Å². The Kier molecular flexibility index (Phi) is 7.16. The minimum Gasteiger partial charge on any atom is -0.459 e. The van der Waals surface area contributed by atoms with Gasteiger partial charge in [-0.25, -0.2) is 0 Å². The fourth-order valence-electron chi connectivity index (χ4n) is 2.46. The van der Waals surface area contributed by atoms with Crippen LogP contribution in [-0.4, -0.2) is 42.9 Å². The summed E-state index contributed by atoms with van der Waals surface area (Å²) >= 11 is 0. The molecule has 0 bridgehead atoms. The van der Waals surface area contributed by atoms with Gasteiger partial charge in [0, 0.05) is 20.1 Å². The van der Waals surface area contributed by atoms with Crippen LogP contribution in [0.25, 0.3) is 0 Å². The molecule has 1 heterocycles. The van der Waals surface area contributed by atoms with Gasteiger partial charge in [0.25, 0.3) is 11.8 Å². The molecule has 2 amide bonds. The predicted molar refractivity (Wildman–Crippen MR) is 99.0 cm³/mol. The zero-order valence-corrected chi connectivity index (χ0v) is 15.8. The second-order valence-electron chi connectivity index (χ2n) is 6.32. The summed E-state index contributed by atoms with van der Waals surface area (Å²) in [5, 5.41) is 2.54. The third-order valence-corrected chi connectivity index (χ3v) is 4.05. The van der Waals surface area contributed by atoms with Crippen LogP contribution < -0.4 is 5.32 Å². The van der Waals surface area contributed by atoms with Gasteiger partial charge in [0.2, 0.25) is 0 Å². The molecule has 2 rings (SSSR count). The van der Waals surface area contributed by atoms with Crippen LogP contribution >= 0.6 is 0 Å². The van der Waals surface area contributed by atoms with E-state index in [4.69, 9.17) is 9.15 Å². The van der Waals surface area contributed by atoms with Gasteiger partial charge in [0.1, 0.15) is 0 Å². The molecule has 7 nitrogen and oxygen atoms in total. The number of ether oxygens (including phenoxy) is 1. The smallest absolute Gasteiger partial charge is 0.308 e. The van der Waals surface area contributed by atoms with Crippen LogP contribution in [0.4, 0.5) is 0 Å². The number of esters is 1. The third kappa shape index (κ3) is 6.29.